The van der Waals surface area contributed by atoms with Crippen molar-refractivity contribution in [3.8, 4) is 11.5 Å². The quantitative estimate of drug-likeness (QED) is 0.260. The molecule has 10 nitrogen and oxygen atoms in total. The number of amides is 1. The van der Waals surface area contributed by atoms with Crippen molar-refractivity contribution in [3.05, 3.63) is 90.1 Å². The molecule has 0 aliphatic carbocycles. The fourth-order valence-corrected chi connectivity index (χ4v) is 3.74. The van der Waals surface area contributed by atoms with Crippen LogP contribution in [0.1, 0.15) is 34.2 Å². The maximum absolute atomic E-state index is 12.9. The summed E-state index contributed by atoms with van der Waals surface area (Å²) in [6.07, 6.45) is 3.48. The summed E-state index contributed by atoms with van der Waals surface area (Å²) in [6, 6.07) is 18.2. The second-order valence-electron chi connectivity index (χ2n) is 7.79. The van der Waals surface area contributed by atoms with E-state index in [-0.39, 0.29) is 25.2 Å². The molecule has 0 radical (unpaired) electrons. The fourth-order valence-electron chi connectivity index (χ4n) is 3.74. The molecule has 4 aromatic rings. The third-order valence-electron chi connectivity index (χ3n) is 5.46. The van der Waals surface area contributed by atoms with Gasteiger partial charge in [0.25, 0.3) is 5.91 Å². The largest absolute Gasteiger partial charge is 0.396 e. The van der Waals surface area contributed by atoms with Crippen LogP contribution in [0.5, 0.6) is 0 Å². The molecule has 0 saturated carbocycles. The van der Waals surface area contributed by atoms with E-state index >= 15 is 0 Å². The number of benzene rings is 2. The predicted molar refractivity (Wildman–Crippen MR) is 130 cm³/mol. The minimum absolute atomic E-state index is 0.0348. The normalized spacial score (nSPS) is 11.7. The molecule has 1 amide bonds. The van der Waals surface area contributed by atoms with E-state index < -0.39 is 0 Å². The molecule has 35 heavy (non-hydrogen) atoms. The number of rotatable bonds is 11. The zero-order valence-corrected chi connectivity index (χ0v) is 19.1. The molecule has 0 spiro atoms. The summed E-state index contributed by atoms with van der Waals surface area (Å²) in [5.41, 5.74) is 2.78. The minimum Gasteiger partial charge on any atom is -0.396 e. The molecule has 180 valence electrons. The van der Waals surface area contributed by atoms with Gasteiger partial charge in [-0.1, -0.05) is 36.4 Å². The number of aromatic nitrogens is 5. The second kappa shape index (κ2) is 11.8. The standard InChI is InChI=1S/C25H27N7O3/c33-13-10-21(18-5-2-1-3-6-18)29-25(35)19-7-4-8-20(15-19)27-16-23-30-31-24(32(23)12-14-34)22-9-11-26-17-28-22/h1-9,11,15,17,21,27,33-34H,10,12-14,16H2,(H,29,35)/t21-/m1/s1. The summed E-state index contributed by atoms with van der Waals surface area (Å²) in [5, 5.41) is 33.7. The number of carbonyl (C=O) groups is 1. The smallest absolute Gasteiger partial charge is 0.251 e. The lowest BCUT2D eigenvalue weighted by Crippen LogP contribution is -2.29. The number of anilines is 1. The number of carbonyl (C=O) groups excluding carboxylic acids is 1. The Morgan fingerprint density at radius 1 is 1.00 bits per heavy atom. The van der Waals surface area contributed by atoms with Crippen molar-refractivity contribution in [1.29, 1.82) is 0 Å². The van der Waals surface area contributed by atoms with Gasteiger partial charge >= 0.3 is 0 Å². The van der Waals surface area contributed by atoms with Crippen LogP contribution in [-0.4, -0.2) is 54.1 Å². The van der Waals surface area contributed by atoms with E-state index in [1.165, 1.54) is 6.33 Å². The Balaban J connectivity index is 1.46. The zero-order valence-electron chi connectivity index (χ0n) is 19.1. The van der Waals surface area contributed by atoms with Crippen LogP contribution in [0.4, 0.5) is 5.69 Å². The van der Waals surface area contributed by atoms with E-state index in [4.69, 9.17) is 0 Å². The van der Waals surface area contributed by atoms with Gasteiger partial charge in [0.05, 0.1) is 19.2 Å². The van der Waals surface area contributed by atoms with Crippen molar-refractivity contribution in [2.45, 2.75) is 25.6 Å². The molecule has 0 fully saturated rings. The molecule has 10 heteroatoms. The maximum Gasteiger partial charge on any atom is 0.251 e. The van der Waals surface area contributed by atoms with E-state index in [2.05, 4.69) is 30.8 Å². The van der Waals surface area contributed by atoms with Crippen molar-refractivity contribution in [3.63, 3.8) is 0 Å². The molecule has 4 rings (SSSR count). The minimum atomic E-state index is -0.289. The van der Waals surface area contributed by atoms with Gasteiger partial charge in [-0.05, 0) is 36.2 Å². The number of nitrogens with zero attached hydrogens (tertiary/aromatic N) is 5. The second-order valence-corrected chi connectivity index (χ2v) is 7.79. The average Bonchev–Trinajstić information content (AvgIpc) is 3.31. The van der Waals surface area contributed by atoms with Gasteiger partial charge in [0.2, 0.25) is 0 Å². The van der Waals surface area contributed by atoms with Gasteiger partial charge in [-0.3, -0.25) is 4.79 Å². The molecule has 2 aromatic carbocycles. The monoisotopic (exact) mass is 473 g/mol. The van der Waals surface area contributed by atoms with E-state index in [1.54, 1.807) is 35.0 Å². The topological polar surface area (TPSA) is 138 Å². The molecular formula is C25H27N7O3. The van der Waals surface area contributed by atoms with Crippen molar-refractivity contribution in [1.82, 2.24) is 30.0 Å². The van der Waals surface area contributed by atoms with Crippen molar-refractivity contribution in [2.24, 2.45) is 0 Å². The lowest BCUT2D eigenvalue weighted by Gasteiger charge is -2.18. The number of aliphatic hydroxyl groups excluding tert-OH is 2. The maximum atomic E-state index is 12.9. The van der Waals surface area contributed by atoms with Crippen LogP contribution in [0.2, 0.25) is 0 Å². The van der Waals surface area contributed by atoms with Gasteiger partial charge in [-0.25, -0.2) is 9.97 Å². The van der Waals surface area contributed by atoms with Gasteiger partial charge in [-0.15, -0.1) is 10.2 Å². The molecule has 0 aliphatic heterocycles. The number of nitrogens with one attached hydrogen (secondary N) is 2. The number of hydrogen-bond donors (Lipinski definition) is 4. The van der Waals surface area contributed by atoms with Crippen LogP contribution in [0, 0.1) is 0 Å². The van der Waals surface area contributed by atoms with Gasteiger partial charge in [0, 0.05) is 30.6 Å². The lowest BCUT2D eigenvalue weighted by atomic mass is 10.0. The third-order valence-corrected chi connectivity index (χ3v) is 5.46. The van der Waals surface area contributed by atoms with Crippen molar-refractivity contribution < 1.29 is 15.0 Å². The first-order valence-electron chi connectivity index (χ1n) is 11.3. The Morgan fingerprint density at radius 2 is 1.86 bits per heavy atom. The molecule has 1 atom stereocenters. The molecule has 0 unspecified atom stereocenters. The van der Waals surface area contributed by atoms with Gasteiger partial charge in [0.15, 0.2) is 11.6 Å². The summed E-state index contributed by atoms with van der Waals surface area (Å²) in [4.78, 5) is 21.1. The third kappa shape index (κ3) is 6.05. The van der Waals surface area contributed by atoms with Crippen LogP contribution in [0.3, 0.4) is 0 Å². The van der Waals surface area contributed by atoms with Gasteiger partial charge in [-0.2, -0.15) is 0 Å². The fraction of sp³-hybridized carbons (Fsp3) is 0.240. The Bertz CT molecular complexity index is 1230. The van der Waals surface area contributed by atoms with Crippen LogP contribution in [0.25, 0.3) is 11.5 Å². The first-order chi connectivity index (χ1) is 17.2. The molecule has 0 saturated heterocycles. The summed E-state index contributed by atoms with van der Waals surface area (Å²) < 4.78 is 1.80. The summed E-state index contributed by atoms with van der Waals surface area (Å²) in [5.74, 6) is 0.933. The SMILES string of the molecule is O=C(N[C@H](CCO)c1ccccc1)c1cccc(NCc2nnc(-c3ccncn3)n2CCO)c1. The van der Waals surface area contributed by atoms with Crippen LogP contribution < -0.4 is 10.6 Å². The highest BCUT2D eigenvalue weighted by Crippen LogP contribution is 2.19. The molecule has 0 aliphatic rings. The zero-order chi connectivity index (χ0) is 24.5. The number of hydrogen-bond acceptors (Lipinski definition) is 8. The number of aliphatic hydroxyl groups is 2. The van der Waals surface area contributed by atoms with Crippen LogP contribution in [0.15, 0.2) is 73.2 Å². The van der Waals surface area contributed by atoms with Crippen molar-refractivity contribution in [2.75, 3.05) is 18.5 Å². The Hall–Kier alpha value is -4.15. The first kappa shape index (κ1) is 24.0. The molecule has 0 bridgehead atoms. The van der Waals surface area contributed by atoms with E-state index in [0.29, 0.717) is 42.4 Å². The van der Waals surface area contributed by atoms with Gasteiger partial charge < -0.3 is 25.4 Å². The molecule has 2 heterocycles. The van der Waals surface area contributed by atoms with Crippen LogP contribution in [-0.2, 0) is 13.1 Å². The molecule has 2 aromatic heterocycles. The van der Waals surface area contributed by atoms with Crippen molar-refractivity contribution >= 4 is 11.6 Å². The Morgan fingerprint density at radius 3 is 2.60 bits per heavy atom. The predicted octanol–water partition coefficient (Wildman–Crippen LogP) is 2.19. The average molecular weight is 474 g/mol. The highest BCUT2D eigenvalue weighted by Gasteiger charge is 2.17. The molecular weight excluding hydrogens is 446 g/mol. The summed E-state index contributed by atoms with van der Waals surface area (Å²) >= 11 is 0. The summed E-state index contributed by atoms with van der Waals surface area (Å²) in [6.45, 7) is 0.542. The molecule has 4 N–H and O–H groups in total. The highest BCUT2D eigenvalue weighted by atomic mass is 16.3. The summed E-state index contributed by atoms with van der Waals surface area (Å²) in [7, 11) is 0. The van der Waals surface area contributed by atoms with E-state index in [1.807, 2.05) is 36.4 Å². The van der Waals surface area contributed by atoms with E-state index in [9.17, 15) is 15.0 Å². The van der Waals surface area contributed by atoms with Gasteiger partial charge in [0.1, 0.15) is 12.0 Å². The van der Waals surface area contributed by atoms with Crippen LogP contribution >= 0.6 is 0 Å². The Kier molecular flexibility index (Phi) is 8.10. The van der Waals surface area contributed by atoms with E-state index in [0.717, 1.165) is 11.3 Å². The lowest BCUT2D eigenvalue weighted by molar-refractivity contribution is 0.0930. The Labute approximate surface area is 202 Å². The highest BCUT2D eigenvalue weighted by molar-refractivity contribution is 5.95. The first-order valence-corrected chi connectivity index (χ1v) is 11.3.